The van der Waals surface area contributed by atoms with Gasteiger partial charge in [-0.05, 0) is 25.3 Å². The van der Waals surface area contributed by atoms with E-state index < -0.39 is 4.92 Å². The third-order valence-corrected chi connectivity index (χ3v) is 4.27. The molecular formula is C17H25ClN4O5. The maximum Gasteiger partial charge on any atom is 0.310 e. The van der Waals surface area contributed by atoms with Crippen LogP contribution in [0.3, 0.4) is 0 Å². The lowest BCUT2D eigenvalue weighted by molar-refractivity contribution is -0.385. The maximum absolute atomic E-state index is 12.5. The molecule has 150 valence electrons. The van der Waals surface area contributed by atoms with Crippen molar-refractivity contribution >= 4 is 29.9 Å². The molecule has 1 aliphatic heterocycles. The minimum Gasteiger partial charge on any atom is -0.477 e. The number of nitrogens with zero attached hydrogens (tertiary/aromatic N) is 2. The molecule has 0 spiro atoms. The Labute approximate surface area is 163 Å². The Bertz CT molecular complexity index is 658. The Hall–Kier alpha value is -2.39. The lowest BCUT2D eigenvalue weighted by Gasteiger charge is -2.35. The first-order valence-electron chi connectivity index (χ1n) is 8.65. The highest BCUT2D eigenvalue weighted by atomic mass is 35.5. The second kappa shape index (κ2) is 11.3. The van der Waals surface area contributed by atoms with E-state index in [0.717, 1.165) is 19.3 Å². The molecule has 0 aliphatic carbocycles. The number of halogens is 1. The van der Waals surface area contributed by atoms with Crippen LogP contribution in [0.5, 0.6) is 5.75 Å². The van der Waals surface area contributed by atoms with Crippen LogP contribution in [0.2, 0.25) is 0 Å². The average molecular weight is 401 g/mol. The van der Waals surface area contributed by atoms with Gasteiger partial charge in [0.25, 0.3) is 5.91 Å². The van der Waals surface area contributed by atoms with Crippen molar-refractivity contribution < 1.29 is 19.2 Å². The van der Waals surface area contributed by atoms with Crippen molar-refractivity contribution in [3.05, 3.63) is 34.4 Å². The monoisotopic (exact) mass is 400 g/mol. The number of nitro benzene ring substituents is 1. The van der Waals surface area contributed by atoms with Crippen molar-refractivity contribution in [3.63, 3.8) is 0 Å². The summed E-state index contributed by atoms with van der Waals surface area (Å²) in [6.07, 6.45) is 2.90. The van der Waals surface area contributed by atoms with Crippen LogP contribution in [0.4, 0.5) is 5.69 Å². The molecule has 1 atom stereocenters. The highest BCUT2D eigenvalue weighted by molar-refractivity contribution is 5.85. The Kier molecular flexibility index (Phi) is 9.52. The van der Waals surface area contributed by atoms with Gasteiger partial charge >= 0.3 is 5.69 Å². The largest absolute Gasteiger partial charge is 0.477 e. The molecule has 0 radical (unpaired) electrons. The van der Waals surface area contributed by atoms with Crippen LogP contribution in [0, 0.1) is 10.1 Å². The second-order valence-corrected chi connectivity index (χ2v) is 6.09. The van der Waals surface area contributed by atoms with E-state index in [2.05, 4.69) is 5.32 Å². The summed E-state index contributed by atoms with van der Waals surface area (Å²) >= 11 is 0. The minimum atomic E-state index is -0.545. The molecule has 1 fully saturated rings. The number of hydrogen-bond donors (Lipinski definition) is 2. The predicted octanol–water partition coefficient (Wildman–Crippen LogP) is 1.24. The Morgan fingerprint density at radius 3 is 2.78 bits per heavy atom. The molecular weight excluding hydrogens is 376 g/mol. The molecule has 1 heterocycles. The molecule has 9 nitrogen and oxygen atoms in total. The van der Waals surface area contributed by atoms with Crippen LogP contribution in [0.25, 0.3) is 0 Å². The second-order valence-electron chi connectivity index (χ2n) is 6.09. The van der Waals surface area contributed by atoms with Gasteiger partial charge in [-0.15, -0.1) is 12.4 Å². The van der Waals surface area contributed by atoms with Gasteiger partial charge in [-0.25, -0.2) is 0 Å². The molecule has 1 aromatic rings. The van der Waals surface area contributed by atoms with Crippen molar-refractivity contribution in [2.75, 3.05) is 26.2 Å². The van der Waals surface area contributed by atoms with E-state index in [4.69, 9.17) is 10.5 Å². The zero-order valence-electron chi connectivity index (χ0n) is 15.0. The van der Waals surface area contributed by atoms with E-state index in [1.807, 2.05) is 0 Å². The van der Waals surface area contributed by atoms with Gasteiger partial charge < -0.3 is 20.7 Å². The molecule has 2 rings (SSSR count). The van der Waals surface area contributed by atoms with Crippen molar-refractivity contribution in [3.8, 4) is 5.75 Å². The molecule has 1 aromatic carbocycles. The zero-order chi connectivity index (χ0) is 18.9. The highest BCUT2D eigenvalue weighted by Gasteiger charge is 2.27. The quantitative estimate of drug-likeness (QED) is 0.499. The van der Waals surface area contributed by atoms with Gasteiger partial charge in [0.2, 0.25) is 5.91 Å². The van der Waals surface area contributed by atoms with Crippen LogP contribution in [-0.4, -0.2) is 53.9 Å². The summed E-state index contributed by atoms with van der Waals surface area (Å²) in [7, 11) is 0. The van der Waals surface area contributed by atoms with Gasteiger partial charge in [0.15, 0.2) is 12.4 Å². The van der Waals surface area contributed by atoms with Crippen LogP contribution >= 0.6 is 12.4 Å². The number of ether oxygens (including phenoxy) is 1. The van der Waals surface area contributed by atoms with Crippen LogP contribution in [0.15, 0.2) is 24.3 Å². The van der Waals surface area contributed by atoms with Gasteiger partial charge in [0, 0.05) is 38.2 Å². The number of carbonyl (C=O) groups is 2. The number of para-hydroxylation sites is 2. The number of nitrogens with two attached hydrogens (primary N) is 1. The maximum atomic E-state index is 12.5. The number of likely N-dealkylation sites (tertiary alicyclic amines) is 1. The minimum absolute atomic E-state index is 0. The van der Waals surface area contributed by atoms with Gasteiger partial charge in [-0.1, -0.05) is 12.1 Å². The van der Waals surface area contributed by atoms with Crippen LogP contribution in [0.1, 0.15) is 25.7 Å². The Morgan fingerprint density at radius 2 is 2.07 bits per heavy atom. The summed E-state index contributed by atoms with van der Waals surface area (Å²) < 4.78 is 5.39. The SMILES string of the molecule is Cl.NCCC(=O)NCC1CCCCN1C(=O)COc1ccccc1[N+](=O)[O-]. The summed E-state index contributed by atoms with van der Waals surface area (Å²) in [6.45, 7) is 0.952. The molecule has 1 aliphatic rings. The summed E-state index contributed by atoms with van der Waals surface area (Å²) in [4.78, 5) is 36.3. The van der Waals surface area contributed by atoms with Gasteiger partial charge in [-0.2, -0.15) is 0 Å². The summed E-state index contributed by atoms with van der Waals surface area (Å²) in [6, 6.07) is 5.84. The average Bonchev–Trinajstić information content (AvgIpc) is 2.65. The van der Waals surface area contributed by atoms with E-state index >= 15 is 0 Å². The molecule has 27 heavy (non-hydrogen) atoms. The lowest BCUT2D eigenvalue weighted by atomic mass is 10.0. The fraction of sp³-hybridized carbons (Fsp3) is 0.529. The van der Waals surface area contributed by atoms with Crippen LogP contribution < -0.4 is 15.8 Å². The first-order chi connectivity index (χ1) is 12.5. The first-order valence-corrected chi connectivity index (χ1v) is 8.65. The van der Waals surface area contributed by atoms with Gasteiger partial charge in [0.1, 0.15) is 0 Å². The van der Waals surface area contributed by atoms with Crippen molar-refractivity contribution in [1.82, 2.24) is 10.2 Å². The third-order valence-electron chi connectivity index (χ3n) is 4.27. The number of nitrogens with one attached hydrogen (secondary N) is 1. The first kappa shape index (κ1) is 22.7. The van der Waals surface area contributed by atoms with Crippen molar-refractivity contribution in [2.45, 2.75) is 31.7 Å². The lowest BCUT2D eigenvalue weighted by Crippen LogP contribution is -2.50. The molecule has 2 amide bonds. The van der Waals surface area contributed by atoms with E-state index in [-0.39, 0.29) is 61.3 Å². The summed E-state index contributed by atoms with van der Waals surface area (Å²) in [5.41, 5.74) is 5.18. The molecule has 10 heteroatoms. The molecule has 0 bridgehead atoms. The zero-order valence-corrected chi connectivity index (χ0v) is 15.8. The van der Waals surface area contributed by atoms with Gasteiger partial charge in [-0.3, -0.25) is 19.7 Å². The fourth-order valence-electron chi connectivity index (χ4n) is 2.94. The smallest absolute Gasteiger partial charge is 0.310 e. The predicted molar refractivity (Wildman–Crippen MR) is 102 cm³/mol. The molecule has 0 aromatic heterocycles. The van der Waals surface area contributed by atoms with E-state index in [9.17, 15) is 19.7 Å². The Morgan fingerprint density at radius 1 is 1.33 bits per heavy atom. The standard InChI is InChI=1S/C17H24N4O5.ClH/c18-9-8-16(22)19-11-13-5-3-4-10-20(13)17(23)12-26-15-7-2-1-6-14(15)21(24)25;/h1-2,6-7,13H,3-5,8-12,18H2,(H,19,22);1H. The number of piperidine rings is 1. The van der Waals surface area contributed by atoms with E-state index in [1.165, 1.54) is 18.2 Å². The fourth-order valence-corrected chi connectivity index (χ4v) is 2.94. The molecule has 1 saturated heterocycles. The normalized spacial score (nSPS) is 16.2. The molecule has 1 unspecified atom stereocenters. The Balaban J connectivity index is 0.00000364. The van der Waals surface area contributed by atoms with Crippen LogP contribution in [-0.2, 0) is 9.59 Å². The third kappa shape index (κ3) is 6.69. The number of amides is 2. The topological polar surface area (TPSA) is 128 Å². The van der Waals surface area contributed by atoms with Crippen molar-refractivity contribution in [1.29, 1.82) is 0 Å². The summed E-state index contributed by atoms with van der Waals surface area (Å²) in [5.74, 6) is -0.321. The van der Waals surface area contributed by atoms with Crippen molar-refractivity contribution in [2.24, 2.45) is 5.73 Å². The number of hydrogen-bond acceptors (Lipinski definition) is 6. The number of benzene rings is 1. The van der Waals surface area contributed by atoms with E-state index in [1.54, 1.807) is 11.0 Å². The highest BCUT2D eigenvalue weighted by Crippen LogP contribution is 2.26. The molecule has 0 saturated carbocycles. The summed E-state index contributed by atoms with van der Waals surface area (Å²) in [5, 5.41) is 13.8. The van der Waals surface area contributed by atoms with E-state index in [0.29, 0.717) is 13.1 Å². The van der Waals surface area contributed by atoms with Gasteiger partial charge in [0.05, 0.1) is 4.92 Å². The number of carbonyl (C=O) groups excluding carboxylic acids is 2. The molecule has 3 N–H and O–H groups in total. The number of rotatable bonds is 8. The number of nitro groups is 1.